The number of aryl methyl sites for hydroxylation is 1. The summed E-state index contributed by atoms with van der Waals surface area (Å²) in [5.41, 5.74) is 1.41. The molecule has 0 aromatic heterocycles. The molecule has 0 aliphatic rings. The van der Waals surface area contributed by atoms with Gasteiger partial charge in [0.15, 0.2) is 0 Å². The summed E-state index contributed by atoms with van der Waals surface area (Å²) < 4.78 is 17.6. The molecular formula is C8H12NO2S-. The van der Waals surface area contributed by atoms with Gasteiger partial charge in [0.05, 0.1) is 0 Å². The van der Waals surface area contributed by atoms with Crippen LogP contribution in [0, 0.1) is 0 Å². The molecular weight excluding hydrogens is 174 g/mol. The first-order valence-corrected chi connectivity index (χ1v) is 4.68. The van der Waals surface area contributed by atoms with Crippen molar-refractivity contribution in [2.45, 2.75) is 13.3 Å². The van der Waals surface area contributed by atoms with Gasteiger partial charge in [-0.2, -0.15) is 0 Å². The van der Waals surface area contributed by atoms with E-state index in [2.05, 4.69) is 36.3 Å². The van der Waals surface area contributed by atoms with Crippen molar-refractivity contribution >= 4 is 11.3 Å². The highest BCUT2D eigenvalue weighted by molar-refractivity contribution is 7.76. The van der Waals surface area contributed by atoms with Crippen LogP contribution in [-0.4, -0.2) is 8.76 Å². The van der Waals surface area contributed by atoms with Crippen LogP contribution >= 0.6 is 0 Å². The molecule has 1 aromatic carbocycles. The predicted octanol–water partition coefficient (Wildman–Crippen LogP) is 0.988. The van der Waals surface area contributed by atoms with Crippen LogP contribution in [0.5, 0.6) is 0 Å². The molecule has 12 heavy (non-hydrogen) atoms. The number of rotatable bonds is 1. The van der Waals surface area contributed by atoms with Gasteiger partial charge in [-0.05, 0) is 12.0 Å². The molecule has 0 bridgehead atoms. The summed E-state index contributed by atoms with van der Waals surface area (Å²) in [5, 5.41) is 4.03. The number of hydrogen-bond donors (Lipinski definition) is 1. The van der Waals surface area contributed by atoms with Crippen LogP contribution in [0.25, 0.3) is 0 Å². The lowest BCUT2D eigenvalue weighted by atomic mass is 10.2. The first-order chi connectivity index (χ1) is 5.66. The van der Waals surface area contributed by atoms with Gasteiger partial charge in [0, 0.05) is 11.3 Å². The second-order valence-corrected chi connectivity index (χ2v) is 2.62. The average Bonchev–Trinajstić information content (AvgIpc) is 2.05. The quantitative estimate of drug-likeness (QED) is 0.664. The highest BCUT2D eigenvalue weighted by Gasteiger charge is 1.79. The van der Waals surface area contributed by atoms with E-state index in [0.29, 0.717) is 0 Å². The van der Waals surface area contributed by atoms with Gasteiger partial charge in [-0.1, -0.05) is 37.3 Å². The fourth-order valence-electron chi connectivity index (χ4n) is 0.714. The standard InChI is InChI=1S/C8H10.H3NO2S/c1-2-8-6-4-3-5-7-8;1-4(2)3/h3-7H,2H2,1H3;1H2,(H,2,3)/p-1. The van der Waals surface area contributed by atoms with Crippen molar-refractivity contribution in [3.63, 3.8) is 0 Å². The van der Waals surface area contributed by atoms with Crippen molar-refractivity contribution in [2.75, 3.05) is 0 Å². The molecule has 1 atom stereocenters. The topological polar surface area (TPSA) is 66.2 Å². The van der Waals surface area contributed by atoms with E-state index in [-0.39, 0.29) is 0 Å². The smallest absolute Gasteiger partial charge is 0.0152 e. The zero-order chi connectivity index (χ0) is 9.40. The molecule has 0 fully saturated rings. The largest absolute Gasteiger partial charge is 0.760 e. The molecule has 0 aliphatic heterocycles. The van der Waals surface area contributed by atoms with E-state index < -0.39 is 11.3 Å². The third-order valence-corrected chi connectivity index (χ3v) is 1.25. The average molecular weight is 186 g/mol. The second-order valence-electron chi connectivity index (χ2n) is 2.10. The van der Waals surface area contributed by atoms with Crippen molar-refractivity contribution in [3.05, 3.63) is 35.9 Å². The van der Waals surface area contributed by atoms with Crippen LogP contribution in [0.4, 0.5) is 0 Å². The van der Waals surface area contributed by atoms with Gasteiger partial charge in [-0.3, -0.25) is 9.35 Å². The molecule has 0 radical (unpaired) electrons. The van der Waals surface area contributed by atoms with E-state index in [1.165, 1.54) is 5.56 Å². The van der Waals surface area contributed by atoms with Crippen molar-refractivity contribution < 1.29 is 8.76 Å². The molecule has 3 nitrogen and oxygen atoms in total. The Morgan fingerprint density at radius 1 is 1.42 bits per heavy atom. The first-order valence-electron chi connectivity index (χ1n) is 3.54. The van der Waals surface area contributed by atoms with Crippen molar-refractivity contribution in [1.29, 1.82) is 0 Å². The number of nitrogens with two attached hydrogens (primary N) is 1. The Bertz CT molecular complexity index is 222. The monoisotopic (exact) mass is 186 g/mol. The molecule has 0 saturated heterocycles. The van der Waals surface area contributed by atoms with Gasteiger partial charge < -0.3 is 4.55 Å². The SMILES string of the molecule is CCc1ccccc1.NS(=O)[O-]. The number of hydrogen-bond acceptors (Lipinski definition) is 2. The molecule has 0 spiro atoms. The summed E-state index contributed by atoms with van der Waals surface area (Å²) in [6, 6.07) is 10.5. The Hall–Kier alpha value is -0.710. The molecule has 0 amide bonds. The van der Waals surface area contributed by atoms with Crippen LogP contribution < -0.4 is 5.14 Å². The highest BCUT2D eigenvalue weighted by atomic mass is 32.2. The van der Waals surface area contributed by atoms with Gasteiger partial charge in [-0.25, -0.2) is 0 Å². The van der Waals surface area contributed by atoms with Crippen LogP contribution in [-0.2, 0) is 17.7 Å². The molecule has 1 aromatic rings. The van der Waals surface area contributed by atoms with Crippen LogP contribution in [0.15, 0.2) is 30.3 Å². The fraction of sp³-hybridized carbons (Fsp3) is 0.250. The van der Waals surface area contributed by atoms with Crippen LogP contribution in [0.1, 0.15) is 12.5 Å². The Balaban J connectivity index is 0.000000261. The Morgan fingerprint density at radius 2 is 1.83 bits per heavy atom. The lowest BCUT2D eigenvalue weighted by Crippen LogP contribution is -1.97. The van der Waals surface area contributed by atoms with Crippen LogP contribution in [0.3, 0.4) is 0 Å². The molecule has 4 heteroatoms. The van der Waals surface area contributed by atoms with E-state index in [0.717, 1.165) is 6.42 Å². The lowest BCUT2D eigenvalue weighted by molar-refractivity contribution is 0.539. The summed E-state index contributed by atoms with van der Waals surface area (Å²) in [5.74, 6) is 0. The molecule has 2 N–H and O–H groups in total. The zero-order valence-corrected chi connectivity index (χ0v) is 7.71. The van der Waals surface area contributed by atoms with Gasteiger partial charge in [0.1, 0.15) is 0 Å². The van der Waals surface area contributed by atoms with Crippen molar-refractivity contribution in [3.8, 4) is 0 Å². The van der Waals surface area contributed by atoms with E-state index in [1.54, 1.807) is 0 Å². The molecule has 0 heterocycles. The predicted molar refractivity (Wildman–Crippen MR) is 48.9 cm³/mol. The van der Waals surface area contributed by atoms with E-state index in [1.807, 2.05) is 6.07 Å². The minimum Gasteiger partial charge on any atom is -0.760 e. The van der Waals surface area contributed by atoms with Crippen molar-refractivity contribution in [1.82, 2.24) is 0 Å². The number of benzene rings is 1. The van der Waals surface area contributed by atoms with Crippen LogP contribution in [0.2, 0.25) is 0 Å². The highest BCUT2D eigenvalue weighted by Crippen LogP contribution is 1.96. The molecule has 0 saturated carbocycles. The third-order valence-electron chi connectivity index (χ3n) is 1.25. The van der Waals surface area contributed by atoms with E-state index >= 15 is 0 Å². The second kappa shape index (κ2) is 6.97. The molecule has 0 aliphatic carbocycles. The molecule has 1 rings (SSSR count). The maximum absolute atomic E-state index is 8.78. The Morgan fingerprint density at radius 3 is 2.08 bits per heavy atom. The summed E-state index contributed by atoms with van der Waals surface area (Å²) in [6.07, 6.45) is 1.14. The van der Waals surface area contributed by atoms with Gasteiger partial charge in [0.2, 0.25) is 0 Å². The minimum absolute atomic E-state index is 1.14. The summed E-state index contributed by atoms with van der Waals surface area (Å²) >= 11 is -2.36. The summed E-state index contributed by atoms with van der Waals surface area (Å²) in [6.45, 7) is 2.16. The first kappa shape index (κ1) is 11.3. The van der Waals surface area contributed by atoms with Gasteiger partial charge in [0.25, 0.3) is 0 Å². The van der Waals surface area contributed by atoms with E-state index in [4.69, 9.17) is 8.76 Å². The molecule has 1 unspecified atom stereocenters. The Kier molecular flexibility index (Phi) is 6.55. The third kappa shape index (κ3) is 7.40. The van der Waals surface area contributed by atoms with Gasteiger partial charge >= 0.3 is 0 Å². The fourth-order valence-corrected chi connectivity index (χ4v) is 0.714. The van der Waals surface area contributed by atoms with E-state index in [9.17, 15) is 0 Å². The zero-order valence-electron chi connectivity index (χ0n) is 6.90. The maximum Gasteiger partial charge on any atom is 0.0152 e. The van der Waals surface area contributed by atoms with Gasteiger partial charge in [-0.15, -0.1) is 0 Å². The minimum atomic E-state index is -2.36. The Labute approximate surface area is 75.0 Å². The molecule has 68 valence electrons. The summed E-state index contributed by atoms with van der Waals surface area (Å²) in [7, 11) is 0. The normalized spacial score (nSPS) is 11.2. The maximum atomic E-state index is 8.78. The summed E-state index contributed by atoms with van der Waals surface area (Å²) in [4.78, 5) is 0. The van der Waals surface area contributed by atoms with Crippen molar-refractivity contribution in [2.24, 2.45) is 5.14 Å². The lowest BCUT2D eigenvalue weighted by Gasteiger charge is -1.89.